The van der Waals surface area contributed by atoms with Gasteiger partial charge in [0.15, 0.2) is 0 Å². The van der Waals surface area contributed by atoms with Crippen molar-refractivity contribution in [1.29, 1.82) is 0 Å². The molecule has 6 nitrogen and oxygen atoms in total. The van der Waals surface area contributed by atoms with E-state index in [0.717, 1.165) is 70.4 Å². The van der Waals surface area contributed by atoms with Crippen LogP contribution in [0.1, 0.15) is 49.6 Å². The highest BCUT2D eigenvalue weighted by atomic mass is 16.5. The molecule has 3 aliphatic rings. The SMILES string of the molecule is Cc1cc2[nH]c(CN3CCOCC3)c(C3CC3)c2c(-c2ccc(N3CCN(C(C)C)CC3)cc2)n1. The molecule has 1 N–H and O–H groups in total. The predicted molar refractivity (Wildman–Crippen MR) is 143 cm³/mol. The summed E-state index contributed by atoms with van der Waals surface area (Å²) in [5, 5.41) is 1.35. The highest BCUT2D eigenvalue weighted by Gasteiger charge is 2.32. The summed E-state index contributed by atoms with van der Waals surface area (Å²) in [4.78, 5) is 16.5. The molecule has 2 aromatic heterocycles. The van der Waals surface area contributed by atoms with Gasteiger partial charge in [0.05, 0.1) is 18.9 Å². The van der Waals surface area contributed by atoms with Gasteiger partial charge in [0.25, 0.3) is 0 Å². The fourth-order valence-electron chi connectivity index (χ4n) is 5.89. The number of rotatable bonds is 6. The van der Waals surface area contributed by atoms with Crippen molar-refractivity contribution in [3.05, 3.63) is 47.3 Å². The number of morpholine rings is 1. The number of aromatic nitrogens is 2. The monoisotopic (exact) mass is 473 g/mol. The van der Waals surface area contributed by atoms with Crippen LogP contribution < -0.4 is 4.90 Å². The van der Waals surface area contributed by atoms with E-state index in [2.05, 4.69) is 70.8 Å². The third kappa shape index (κ3) is 4.72. The Bertz CT molecular complexity index is 1170. The van der Waals surface area contributed by atoms with Gasteiger partial charge in [-0.1, -0.05) is 12.1 Å². The van der Waals surface area contributed by atoms with Crippen molar-refractivity contribution in [2.24, 2.45) is 0 Å². The molecule has 186 valence electrons. The van der Waals surface area contributed by atoms with Crippen molar-refractivity contribution in [2.75, 3.05) is 57.4 Å². The Morgan fingerprint density at radius 1 is 1.00 bits per heavy atom. The summed E-state index contributed by atoms with van der Waals surface area (Å²) >= 11 is 0. The summed E-state index contributed by atoms with van der Waals surface area (Å²) in [6.07, 6.45) is 2.58. The zero-order chi connectivity index (χ0) is 23.9. The molecule has 0 spiro atoms. The molecule has 0 atom stereocenters. The van der Waals surface area contributed by atoms with Crippen molar-refractivity contribution < 1.29 is 4.74 Å². The number of ether oxygens (including phenoxy) is 1. The van der Waals surface area contributed by atoms with Gasteiger partial charge in [0, 0.05) is 85.4 Å². The number of aryl methyl sites for hydroxylation is 1. The standard InChI is InChI=1S/C29H39N5O/c1-20(2)33-10-12-34(13-11-33)24-8-6-23(7-9-24)29-28-25(18-21(3)30-29)31-26(27(28)22-4-5-22)19-32-14-16-35-17-15-32/h6-9,18,20,22,31H,4-5,10-17,19H2,1-3H3. The van der Waals surface area contributed by atoms with E-state index >= 15 is 0 Å². The van der Waals surface area contributed by atoms with Crippen LogP contribution in [0.4, 0.5) is 5.69 Å². The lowest BCUT2D eigenvalue weighted by Crippen LogP contribution is -2.48. The smallest absolute Gasteiger partial charge is 0.0801 e. The highest BCUT2D eigenvalue weighted by molar-refractivity contribution is 5.97. The number of hydrogen-bond donors (Lipinski definition) is 1. The molecule has 4 heterocycles. The summed E-state index contributed by atoms with van der Waals surface area (Å²) in [6, 6.07) is 12.0. The Labute approximate surface area is 209 Å². The van der Waals surface area contributed by atoms with Crippen LogP contribution in [0, 0.1) is 6.92 Å². The third-order valence-corrected chi connectivity index (χ3v) is 8.05. The summed E-state index contributed by atoms with van der Waals surface area (Å²) in [7, 11) is 0. The molecule has 35 heavy (non-hydrogen) atoms. The van der Waals surface area contributed by atoms with E-state index in [1.165, 1.54) is 46.3 Å². The highest BCUT2D eigenvalue weighted by Crippen LogP contribution is 2.47. The van der Waals surface area contributed by atoms with Gasteiger partial charge >= 0.3 is 0 Å². The largest absolute Gasteiger partial charge is 0.379 e. The topological polar surface area (TPSA) is 47.6 Å². The van der Waals surface area contributed by atoms with Crippen molar-refractivity contribution in [1.82, 2.24) is 19.8 Å². The summed E-state index contributed by atoms with van der Waals surface area (Å²) in [5.74, 6) is 0.666. The number of H-pyrrole nitrogens is 1. The number of piperazine rings is 1. The minimum atomic E-state index is 0.629. The first-order valence-corrected chi connectivity index (χ1v) is 13.5. The lowest BCUT2D eigenvalue weighted by molar-refractivity contribution is 0.0336. The second-order valence-electron chi connectivity index (χ2n) is 10.9. The van der Waals surface area contributed by atoms with Gasteiger partial charge < -0.3 is 14.6 Å². The first-order chi connectivity index (χ1) is 17.1. The molecule has 3 aromatic rings. The van der Waals surface area contributed by atoms with Crippen molar-refractivity contribution in [2.45, 2.75) is 52.1 Å². The number of nitrogens with zero attached hydrogens (tertiary/aromatic N) is 4. The molecular formula is C29H39N5O. The van der Waals surface area contributed by atoms with Crippen LogP contribution in [-0.4, -0.2) is 78.3 Å². The van der Waals surface area contributed by atoms with Gasteiger partial charge in [-0.3, -0.25) is 14.8 Å². The van der Waals surface area contributed by atoms with Crippen molar-refractivity contribution in [3.8, 4) is 11.3 Å². The van der Waals surface area contributed by atoms with Crippen molar-refractivity contribution >= 4 is 16.6 Å². The third-order valence-electron chi connectivity index (χ3n) is 8.05. The summed E-state index contributed by atoms with van der Waals surface area (Å²) in [5.41, 5.74) is 8.91. The van der Waals surface area contributed by atoms with E-state index in [1.54, 1.807) is 0 Å². The van der Waals surface area contributed by atoms with E-state index in [1.807, 2.05) is 0 Å². The van der Waals surface area contributed by atoms with Crippen LogP contribution in [0.5, 0.6) is 0 Å². The molecule has 6 heteroatoms. The van der Waals surface area contributed by atoms with Gasteiger partial charge in [-0.2, -0.15) is 0 Å². The van der Waals surface area contributed by atoms with Crippen molar-refractivity contribution in [3.63, 3.8) is 0 Å². The molecule has 0 bridgehead atoms. The van der Waals surface area contributed by atoms with Crippen LogP contribution in [0.15, 0.2) is 30.3 Å². The molecule has 0 unspecified atom stereocenters. The minimum absolute atomic E-state index is 0.629. The number of benzene rings is 1. The molecule has 1 saturated carbocycles. The fraction of sp³-hybridized carbons (Fsp3) is 0.552. The summed E-state index contributed by atoms with van der Waals surface area (Å²) in [6.45, 7) is 15.8. The fourth-order valence-corrected chi connectivity index (χ4v) is 5.89. The van der Waals surface area contributed by atoms with Gasteiger partial charge in [0.1, 0.15) is 0 Å². The summed E-state index contributed by atoms with van der Waals surface area (Å²) < 4.78 is 5.58. The average Bonchev–Trinajstić information content (AvgIpc) is 3.65. The Morgan fingerprint density at radius 3 is 2.37 bits per heavy atom. The Hall–Kier alpha value is -2.41. The van der Waals surface area contributed by atoms with Crippen LogP contribution in [0.3, 0.4) is 0 Å². The van der Waals surface area contributed by atoms with Crippen LogP contribution >= 0.6 is 0 Å². The van der Waals surface area contributed by atoms with E-state index in [4.69, 9.17) is 9.72 Å². The molecule has 0 amide bonds. The maximum atomic E-state index is 5.58. The quantitative estimate of drug-likeness (QED) is 0.558. The molecule has 0 radical (unpaired) electrons. The van der Waals surface area contributed by atoms with E-state index in [9.17, 15) is 0 Å². The number of hydrogen-bond acceptors (Lipinski definition) is 5. The molecule has 1 aromatic carbocycles. The average molecular weight is 474 g/mol. The Kier molecular flexibility index (Phi) is 6.29. The van der Waals surface area contributed by atoms with Gasteiger partial charge in [0.2, 0.25) is 0 Å². The Morgan fingerprint density at radius 2 is 1.71 bits per heavy atom. The molecule has 2 saturated heterocycles. The van der Waals surface area contributed by atoms with E-state index in [0.29, 0.717) is 12.0 Å². The zero-order valence-corrected chi connectivity index (χ0v) is 21.5. The number of pyridine rings is 1. The number of anilines is 1. The van der Waals surface area contributed by atoms with Gasteiger partial charge in [-0.05, 0) is 63.3 Å². The normalized spacial score (nSPS) is 20.3. The second-order valence-corrected chi connectivity index (χ2v) is 10.9. The van der Waals surface area contributed by atoms with E-state index in [-0.39, 0.29) is 0 Å². The number of fused-ring (bicyclic) bond motifs is 1. The minimum Gasteiger partial charge on any atom is -0.379 e. The lowest BCUT2D eigenvalue weighted by Gasteiger charge is -2.38. The van der Waals surface area contributed by atoms with Gasteiger partial charge in [-0.25, -0.2) is 0 Å². The van der Waals surface area contributed by atoms with Crippen LogP contribution in [-0.2, 0) is 11.3 Å². The Balaban J connectivity index is 1.32. The maximum absolute atomic E-state index is 5.58. The predicted octanol–water partition coefficient (Wildman–Crippen LogP) is 4.78. The van der Waals surface area contributed by atoms with Crippen LogP contribution in [0.25, 0.3) is 22.2 Å². The molecule has 6 rings (SSSR count). The molecular weight excluding hydrogens is 434 g/mol. The van der Waals surface area contributed by atoms with E-state index < -0.39 is 0 Å². The first-order valence-electron chi connectivity index (χ1n) is 13.5. The zero-order valence-electron chi connectivity index (χ0n) is 21.5. The molecule has 2 aliphatic heterocycles. The second kappa shape index (κ2) is 9.57. The lowest BCUT2D eigenvalue weighted by atomic mass is 9.99. The molecule has 1 aliphatic carbocycles. The molecule has 3 fully saturated rings. The van der Waals surface area contributed by atoms with Crippen LogP contribution in [0.2, 0.25) is 0 Å². The number of nitrogens with one attached hydrogen (secondary N) is 1. The van der Waals surface area contributed by atoms with Gasteiger partial charge in [-0.15, -0.1) is 0 Å². The maximum Gasteiger partial charge on any atom is 0.0801 e. The first kappa shape index (κ1) is 23.0. The number of aromatic amines is 1.